The van der Waals surface area contributed by atoms with Crippen molar-refractivity contribution in [1.29, 1.82) is 0 Å². The van der Waals surface area contributed by atoms with Crippen LogP contribution < -0.4 is 11.3 Å². The van der Waals surface area contributed by atoms with Gasteiger partial charge >= 0.3 is 0 Å². The summed E-state index contributed by atoms with van der Waals surface area (Å²) in [6.45, 7) is 8.43. The van der Waals surface area contributed by atoms with Crippen molar-refractivity contribution in [3.63, 3.8) is 0 Å². The Hall–Kier alpha value is -0.930. The standard InChI is InChI=1S/C11H19N3/c1-8-5-6-9(7-13-8)10(14-12)11(2,3)4/h5-7,10,14H,12H2,1-4H3. The first kappa shape index (κ1) is 11.1. The van der Waals surface area contributed by atoms with Gasteiger partial charge in [-0.05, 0) is 24.0 Å². The second kappa shape index (κ2) is 4.07. The smallest absolute Gasteiger partial charge is 0.0523 e. The molecule has 0 radical (unpaired) electrons. The van der Waals surface area contributed by atoms with Crippen LogP contribution in [0, 0.1) is 12.3 Å². The van der Waals surface area contributed by atoms with Crippen LogP contribution in [0.25, 0.3) is 0 Å². The van der Waals surface area contributed by atoms with Gasteiger partial charge in [-0.15, -0.1) is 0 Å². The minimum Gasteiger partial charge on any atom is -0.271 e. The van der Waals surface area contributed by atoms with Gasteiger partial charge in [0.1, 0.15) is 0 Å². The van der Waals surface area contributed by atoms with E-state index in [-0.39, 0.29) is 11.5 Å². The molecule has 0 spiro atoms. The number of rotatable bonds is 2. The zero-order valence-electron chi connectivity index (χ0n) is 9.33. The fourth-order valence-corrected chi connectivity index (χ4v) is 1.50. The van der Waals surface area contributed by atoms with Crippen LogP contribution in [0.1, 0.15) is 38.1 Å². The minimum absolute atomic E-state index is 0.0890. The second-order valence-electron chi connectivity index (χ2n) is 4.70. The lowest BCUT2D eigenvalue weighted by molar-refractivity contribution is 0.275. The predicted molar refractivity (Wildman–Crippen MR) is 58.5 cm³/mol. The molecule has 1 aromatic heterocycles. The molecule has 0 saturated heterocycles. The number of hydrazine groups is 1. The molecular weight excluding hydrogens is 174 g/mol. The molecule has 0 aliphatic rings. The van der Waals surface area contributed by atoms with Crippen molar-refractivity contribution in [2.45, 2.75) is 33.7 Å². The van der Waals surface area contributed by atoms with Gasteiger partial charge in [-0.25, -0.2) is 0 Å². The molecule has 0 bridgehead atoms. The van der Waals surface area contributed by atoms with Crippen molar-refractivity contribution in [3.8, 4) is 0 Å². The lowest BCUT2D eigenvalue weighted by atomic mass is 9.83. The molecule has 0 aromatic carbocycles. The molecule has 0 aliphatic carbocycles. The molecule has 3 nitrogen and oxygen atoms in total. The number of aryl methyl sites for hydroxylation is 1. The zero-order chi connectivity index (χ0) is 10.8. The summed E-state index contributed by atoms with van der Waals surface area (Å²) in [7, 11) is 0. The van der Waals surface area contributed by atoms with E-state index in [9.17, 15) is 0 Å². The first-order chi connectivity index (χ1) is 6.45. The van der Waals surface area contributed by atoms with Crippen molar-refractivity contribution >= 4 is 0 Å². The van der Waals surface area contributed by atoms with Gasteiger partial charge in [-0.2, -0.15) is 0 Å². The van der Waals surface area contributed by atoms with Crippen LogP contribution in [0.15, 0.2) is 18.3 Å². The lowest BCUT2D eigenvalue weighted by Crippen LogP contribution is -2.36. The van der Waals surface area contributed by atoms with E-state index in [1.807, 2.05) is 19.2 Å². The monoisotopic (exact) mass is 193 g/mol. The average molecular weight is 193 g/mol. The summed E-state index contributed by atoms with van der Waals surface area (Å²) in [4.78, 5) is 4.27. The van der Waals surface area contributed by atoms with Crippen molar-refractivity contribution in [2.75, 3.05) is 0 Å². The van der Waals surface area contributed by atoms with Crippen molar-refractivity contribution in [1.82, 2.24) is 10.4 Å². The number of nitrogens with one attached hydrogen (secondary N) is 1. The van der Waals surface area contributed by atoms with Crippen molar-refractivity contribution in [3.05, 3.63) is 29.6 Å². The molecule has 0 fully saturated rings. The topological polar surface area (TPSA) is 50.9 Å². The van der Waals surface area contributed by atoms with Gasteiger partial charge in [0, 0.05) is 11.9 Å². The third-order valence-corrected chi connectivity index (χ3v) is 2.30. The molecule has 1 atom stereocenters. The predicted octanol–water partition coefficient (Wildman–Crippen LogP) is 1.94. The van der Waals surface area contributed by atoms with Crippen LogP contribution in [0.3, 0.4) is 0 Å². The van der Waals surface area contributed by atoms with E-state index in [2.05, 4.69) is 37.2 Å². The third kappa shape index (κ3) is 2.53. The minimum atomic E-state index is 0.0890. The summed E-state index contributed by atoms with van der Waals surface area (Å²) in [6.07, 6.45) is 1.88. The van der Waals surface area contributed by atoms with Gasteiger partial charge in [0.05, 0.1) is 6.04 Å². The van der Waals surface area contributed by atoms with E-state index in [0.717, 1.165) is 11.3 Å². The average Bonchev–Trinajstić information content (AvgIpc) is 2.07. The Morgan fingerprint density at radius 2 is 2.00 bits per heavy atom. The molecule has 78 valence electrons. The first-order valence-electron chi connectivity index (χ1n) is 4.84. The SMILES string of the molecule is Cc1ccc(C(NN)C(C)(C)C)cn1. The Morgan fingerprint density at radius 1 is 1.36 bits per heavy atom. The van der Waals surface area contributed by atoms with Crippen LogP contribution in [0.5, 0.6) is 0 Å². The van der Waals surface area contributed by atoms with Gasteiger partial charge in [0.25, 0.3) is 0 Å². The Morgan fingerprint density at radius 3 is 2.36 bits per heavy atom. The highest BCUT2D eigenvalue weighted by molar-refractivity contribution is 5.18. The summed E-state index contributed by atoms with van der Waals surface area (Å²) in [6, 6.07) is 4.21. The number of pyridine rings is 1. The Bertz CT molecular complexity index is 284. The molecule has 1 rings (SSSR count). The van der Waals surface area contributed by atoms with Crippen molar-refractivity contribution in [2.24, 2.45) is 11.3 Å². The number of aromatic nitrogens is 1. The molecule has 0 amide bonds. The fourth-order valence-electron chi connectivity index (χ4n) is 1.50. The summed E-state index contributed by atoms with van der Waals surface area (Å²) < 4.78 is 0. The van der Waals surface area contributed by atoms with Gasteiger partial charge in [-0.1, -0.05) is 26.8 Å². The van der Waals surface area contributed by atoms with Crippen LogP contribution in [0.2, 0.25) is 0 Å². The maximum absolute atomic E-state index is 5.55. The molecule has 1 aromatic rings. The third-order valence-electron chi connectivity index (χ3n) is 2.30. The summed E-state index contributed by atoms with van der Waals surface area (Å²) in [5, 5.41) is 0. The summed E-state index contributed by atoms with van der Waals surface area (Å²) in [5.74, 6) is 5.55. The van der Waals surface area contributed by atoms with E-state index in [1.165, 1.54) is 0 Å². The molecule has 0 saturated carbocycles. The highest BCUT2D eigenvalue weighted by Crippen LogP contribution is 2.31. The lowest BCUT2D eigenvalue weighted by Gasteiger charge is -2.30. The van der Waals surface area contributed by atoms with Gasteiger partial charge in [-0.3, -0.25) is 16.3 Å². The van der Waals surface area contributed by atoms with E-state index in [0.29, 0.717) is 0 Å². The highest BCUT2D eigenvalue weighted by Gasteiger charge is 2.24. The quantitative estimate of drug-likeness (QED) is 0.557. The molecule has 3 N–H and O–H groups in total. The highest BCUT2D eigenvalue weighted by atomic mass is 15.2. The Balaban J connectivity index is 2.96. The molecule has 1 heterocycles. The maximum Gasteiger partial charge on any atom is 0.0523 e. The zero-order valence-corrected chi connectivity index (χ0v) is 9.33. The molecule has 1 unspecified atom stereocenters. The largest absolute Gasteiger partial charge is 0.271 e. The van der Waals surface area contributed by atoms with Crippen LogP contribution in [-0.2, 0) is 0 Å². The van der Waals surface area contributed by atoms with Crippen molar-refractivity contribution < 1.29 is 0 Å². The van der Waals surface area contributed by atoms with E-state index < -0.39 is 0 Å². The maximum atomic E-state index is 5.55. The van der Waals surface area contributed by atoms with E-state index >= 15 is 0 Å². The van der Waals surface area contributed by atoms with Gasteiger partial charge < -0.3 is 0 Å². The van der Waals surface area contributed by atoms with E-state index in [1.54, 1.807) is 0 Å². The Kier molecular flexibility index (Phi) is 3.24. The number of nitrogens with zero attached hydrogens (tertiary/aromatic N) is 1. The molecule has 14 heavy (non-hydrogen) atoms. The summed E-state index contributed by atoms with van der Waals surface area (Å²) in [5.41, 5.74) is 5.08. The first-order valence-corrected chi connectivity index (χ1v) is 4.84. The van der Waals surface area contributed by atoms with E-state index in [4.69, 9.17) is 5.84 Å². The fraction of sp³-hybridized carbons (Fsp3) is 0.545. The van der Waals surface area contributed by atoms with Crippen LogP contribution >= 0.6 is 0 Å². The Labute approximate surface area is 85.7 Å². The number of hydrogen-bond donors (Lipinski definition) is 2. The normalized spacial score (nSPS) is 14.1. The molecule has 3 heteroatoms. The van der Waals surface area contributed by atoms with Crippen LogP contribution in [-0.4, -0.2) is 4.98 Å². The molecular formula is C11H19N3. The summed E-state index contributed by atoms with van der Waals surface area (Å²) >= 11 is 0. The molecule has 0 aliphatic heterocycles. The van der Waals surface area contributed by atoms with Crippen LogP contribution in [0.4, 0.5) is 0 Å². The number of nitrogens with two attached hydrogens (primary N) is 1. The van der Waals surface area contributed by atoms with Gasteiger partial charge in [0.2, 0.25) is 0 Å². The number of hydrogen-bond acceptors (Lipinski definition) is 3. The second-order valence-corrected chi connectivity index (χ2v) is 4.70. The van der Waals surface area contributed by atoms with Gasteiger partial charge in [0.15, 0.2) is 0 Å².